The molecule has 0 aromatic carbocycles. The Kier molecular flexibility index (Phi) is 3.87. The Balaban J connectivity index is 2.13. The molecule has 24 heavy (non-hydrogen) atoms. The number of hydrogen-bond acceptors (Lipinski definition) is 4. The van der Waals surface area contributed by atoms with Gasteiger partial charge in [-0.05, 0) is 56.4 Å². The third-order valence-corrected chi connectivity index (χ3v) is 8.36. The lowest BCUT2D eigenvalue weighted by Crippen LogP contribution is -2.61. The van der Waals surface area contributed by atoms with Crippen LogP contribution in [0.15, 0.2) is 12.2 Å². The summed E-state index contributed by atoms with van der Waals surface area (Å²) in [5, 5.41) is 45.4. The van der Waals surface area contributed by atoms with Gasteiger partial charge in [0.25, 0.3) is 0 Å². The molecule has 4 nitrogen and oxygen atoms in total. The van der Waals surface area contributed by atoms with Crippen molar-refractivity contribution in [3.8, 4) is 0 Å². The van der Waals surface area contributed by atoms with Crippen molar-refractivity contribution < 1.29 is 20.4 Å². The largest absolute Gasteiger partial charge is 0.392 e. The van der Waals surface area contributed by atoms with E-state index in [9.17, 15) is 20.4 Å². The quantitative estimate of drug-likeness (QED) is 0.554. The van der Waals surface area contributed by atoms with Crippen LogP contribution in [-0.4, -0.2) is 43.3 Å². The number of aliphatic hydroxyl groups excluding tert-OH is 1. The van der Waals surface area contributed by atoms with Crippen molar-refractivity contribution in [3.63, 3.8) is 0 Å². The molecule has 0 heterocycles. The van der Waals surface area contributed by atoms with Gasteiger partial charge in [-0.15, -0.1) is 0 Å². The fraction of sp³-hybridized carbons (Fsp3) is 0.900. The van der Waals surface area contributed by atoms with E-state index in [1.807, 2.05) is 27.7 Å². The smallest absolute Gasteiger partial charge is 0.0990 e. The predicted octanol–water partition coefficient (Wildman–Crippen LogP) is 2.54. The Bertz CT molecular complexity index is 560. The van der Waals surface area contributed by atoms with Crippen molar-refractivity contribution in [3.05, 3.63) is 12.2 Å². The standard InChI is InChI=1S/C20H34O4/c1-13(2)18(22)10-8-16(4)12-19(23)14(3)6-7-15(21)17(19,5)9-11-20(16,18)24/h13,15,21-24H,3,6-12H2,1-2,4-5H3/t15-,16-,17-,18-,19+,20+/m1/s1. The first-order chi connectivity index (χ1) is 10.9. The average Bonchev–Trinajstić information content (AvgIpc) is 2.66. The lowest BCUT2D eigenvalue weighted by atomic mass is 9.56. The van der Waals surface area contributed by atoms with Crippen molar-refractivity contribution in [2.24, 2.45) is 16.7 Å². The van der Waals surface area contributed by atoms with Gasteiger partial charge in [0.15, 0.2) is 0 Å². The molecule has 0 bridgehead atoms. The van der Waals surface area contributed by atoms with Gasteiger partial charge in [-0.1, -0.05) is 34.3 Å². The lowest BCUT2D eigenvalue weighted by Gasteiger charge is -2.53. The van der Waals surface area contributed by atoms with Crippen LogP contribution in [-0.2, 0) is 0 Å². The topological polar surface area (TPSA) is 80.9 Å². The van der Waals surface area contributed by atoms with Gasteiger partial charge in [0.1, 0.15) is 0 Å². The summed E-state index contributed by atoms with van der Waals surface area (Å²) in [6, 6.07) is 0. The van der Waals surface area contributed by atoms with E-state index in [1.165, 1.54) is 0 Å². The Morgan fingerprint density at radius 2 is 1.67 bits per heavy atom. The van der Waals surface area contributed by atoms with Gasteiger partial charge < -0.3 is 20.4 Å². The Labute approximate surface area is 145 Å². The van der Waals surface area contributed by atoms with Crippen molar-refractivity contribution in [2.75, 3.05) is 0 Å². The van der Waals surface area contributed by atoms with E-state index in [1.54, 1.807) is 0 Å². The van der Waals surface area contributed by atoms with Crippen molar-refractivity contribution in [1.82, 2.24) is 0 Å². The van der Waals surface area contributed by atoms with Gasteiger partial charge in [-0.2, -0.15) is 0 Å². The first-order valence-corrected chi connectivity index (χ1v) is 9.40. The highest BCUT2D eigenvalue weighted by Gasteiger charge is 2.71. The van der Waals surface area contributed by atoms with Gasteiger partial charge in [-0.25, -0.2) is 0 Å². The van der Waals surface area contributed by atoms with Crippen LogP contribution in [0.4, 0.5) is 0 Å². The van der Waals surface area contributed by atoms with E-state index < -0.39 is 33.7 Å². The molecule has 4 N–H and O–H groups in total. The molecule has 0 spiro atoms. The third kappa shape index (κ3) is 1.89. The maximum atomic E-state index is 11.7. The molecule has 0 unspecified atom stereocenters. The van der Waals surface area contributed by atoms with Crippen LogP contribution in [0.3, 0.4) is 0 Å². The summed E-state index contributed by atoms with van der Waals surface area (Å²) in [7, 11) is 0. The molecule has 3 saturated carbocycles. The predicted molar refractivity (Wildman–Crippen MR) is 93.4 cm³/mol. The van der Waals surface area contributed by atoms with Crippen molar-refractivity contribution >= 4 is 0 Å². The second kappa shape index (κ2) is 5.06. The van der Waals surface area contributed by atoms with Crippen LogP contribution in [0.1, 0.15) is 72.6 Å². The molecular weight excluding hydrogens is 304 g/mol. The zero-order chi connectivity index (χ0) is 18.2. The molecule has 138 valence electrons. The molecule has 0 amide bonds. The van der Waals surface area contributed by atoms with Crippen molar-refractivity contribution in [2.45, 2.75) is 95.5 Å². The van der Waals surface area contributed by atoms with Crippen LogP contribution >= 0.6 is 0 Å². The minimum absolute atomic E-state index is 0.0694. The molecular formula is C20H34O4. The molecule has 3 rings (SSSR count). The van der Waals surface area contributed by atoms with E-state index in [4.69, 9.17) is 0 Å². The second-order valence-corrected chi connectivity index (χ2v) is 9.61. The fourth-order valence-electron chi connectivity index (χ4n) is 6.14. The summed E-state index contributed by atoms with van der Waals surface area (Å²) in [5.41, 5.74) is -4.19. The summed E-state index contributed by atoms with van der Waals surface area (Å²) >= 11 is 0. The number of fused-ring (bicyclic) bond motifs is 2. The SMILES string of the molecule is C=C1CC[C@@H](O)[C@@]2(C)CC[C@]3(O)[C@](C)(CC[C@@]3(O)C(C)C)C[C@]12O. The highest BCUT2D eigenvalue weighted by atomic mass is 16.4. The molecule has 6 atom stereocenters. The van der Waals surface area contributed by atoms with E-state index in [0.717, 1.165) is 5.57 Å². The fourth-order valence-corrected chi connectivity index (χ4v) is 6.14. The maximum Gasteiger partial charge on any atom is 0.0990 e. The third-order valence-electron chi connectivity index (χ3n) is 8.36. The zero-order valence-corrected chi connectivity index (χ0v) is 15.6. The first kappa shape index (κ1) is 18.4. The lowest BCUT2D eigenvalue weighted by molar-refractivity contribution is -0.201. The molecule has 3 fully saturated rings. The first-order valence-electron chi connectivity index (χ1n) is 9.40. The summed E-state index contributed by atoms with van der Waals surface area (Å²) in [6.45, 7) is 11.9. The minimum atomic E-state index is -1.26. The van der Waals surface area contributed by atoms with Gasteiger partial charge in [0.05, 0.1) is 22.9 Å². The number of aliphatic hydroxyl groups is 4. The Morgan fingerprint density at radius 3 is 2.25 bits per heavy atom. The normalized spacial score (nSPS) is 55.2. The number of rotatable bonds is 1. The summed E-state index contributed by atoms with van der Waals surface area (Å²) in [5.74, 6) is -0.0694. The highest BCUT2D eigenvalue weighted by Crippen LogP contribution is 2.67. The van der Waals surface area contributed by atoms with Crippen LogP contribution in [0, 0.1) is 16.7 Å². The molecule has 0 aromatic heterocycles. The second-order valence-electron chi connectivity index (χ2n) is 9.61. The molecule has 3 aliphatic rings. The molecule has 3 aliphatic carbocycles. The number of hydrogen-bond donors (Lipinski definition) is 4. The van der Waals surface area contributed by atoms with E-state index in [-0.39, 0.29) is 5.92 Å². The molecule has 4 heteroatoms. The van der Waals surface area contributed by atoms with Crippen molar-refractivity contribution in [1.29, 1.82) is 0 Å². The van der Waals surface area contributed by atoms with Crippen LogP contribution in [0.25, 0.3) is 0 Å². The van der Waals surface area contributed by atoms with Crippen LogP contribution in [0.5, 0.6) is 0 Å². The minimum Gasteiger partial charge on any atom is -0.392 e. The molecule has 0 saturated heterocycles. The van der Waals surface area contributed by atoms with Gasteiger partial charge in [0.2, 0.25) is 0 Å². The summed E-state index contributed by atoms with van der Waals surface area (Å²) in [6.07, 6.45) is 3.01. The average molecular weight is 338 g/mol. The Hall–Kier alpha value is -0.420. The summed E-state index contributed by atoms with van der Waals surface area (Å²) < 4.78 is 0. The van der Waals surface area contributed by atoms with E-state index >= 15 is 0 Å². The molecule has 0 aromatic rings. The van der Waals surface area contributed by atoms with E-state index in [0.29, 0.717) is 44.9 Å². The van der Waals surface area contributed by atoms with Crippen LogP contribution < -0.4 is 0 Å². The van der Waals surface area contributed by atoms with Gasteiger partial charge in [-0.3, -0.25) is 0 Å². The Morgan fingerprint density at radius 1 is 1.04 bits per heavy atom. The molecule has 0 radical (unpaired) electrons. The highest BCUT2D eigenvalue weighted by molar-refractivity contribution is 5.30. The van der Waals surface area contributed by atoms with Crippen LogP contribution in [0.2, 0.25) is 0 Å². The summed E-state index contributed by atoms with van der Waals surface area (Å²) in [4.78, 5) is 0. The van der Waals surface area contributed by atoms with Gasteiger partial charge >= 0.3 is 0 Å². The van der Waals surface area contributed by atoms with E-state index in [2.05, 4.69) is 6.58 Å². The molecule has 0 aliphatic heterocycles. The zero-order valence-electron chi connectivity index (χ0n) is 15.6. The van der Waals surface area contributed by atoms with Gasteiger partial charge in [0, 0.05) is 10.8 Å². The maximum absolute atomic E-state index is 11.7. The monoisotopic (exact) mass is 338 g/mol.